The van der Waals surface area contributed by atoms with Gasteiger partial charge in [0.2, 0.25) is 0 Å². The maximum absolute atomic E-state index is 11.8. The Morgan fingerprint density at radius 3 is 1.53 bits per heavy atom. The van der Waals surface area contributed by atoms with Crippen LogP contribution in [0.4, 0.5) is 5.69 Å². The summed E-state index contributed by atoms with van der Waals surface area (Å²) in [5.41, 5.74) is 10.3. The molecule has 0 radical (unpaired) electrons. The quantitative estimate of drug-likeness (QED) is 0.198. The fourth-order valence-corrected chi connectivity index (χ4v) is 5.77. The van der Waals surface area contributed by atoms with Gasteiger partial charge in [-0.05, 0) is 16.7 Å². The highest BCUT2D eigenvalue weighted by Gasteiger charge is 2.40. The molecule has 160 valence electrons. The van der Waals surface area contributed by atoms with Gasteiger partial charge in [-0.25, -0.2) is 0 Å². The fourth-order valence-electron chi connectivity index (χ4n) is 4.10. The van der Waals surface area contributed by atoms with Crippen LogP contribution in [0.2, 0.25) is 0 Å². The van der Waals surface area contributed by atoms with Crippen molar-refractivity contribution in [3.8, 4) is 0 Å². The molecule has 0 amide bonds. The number of hydrogen-bond acceptors (Lipinski definition) is 4. The normalized spacial score (nSPS) is 12.3. The Labute approximate surface area is 192 Å². The van der Waals surface area contributed by atoms with Crippen LogP contribution in [0.3, 0.4) is 0 Å². The highest BCUT2D eigenvalue weighted by atomic mass is 32.2. The number of nitro benzene ring substituents is 1. The molecule has 0 fully saturated rings. The summed E-state index contributed by atoms with van der Waals surface area (Å²) in [6, 6.07) is 37.7. The number of nitro groups is 1. The first-order valence-corrected chi connectivity index (χ1v) is 11.3. The van der Waals surface area contributed by atoms with Crippen molar-refractivity contribution in [1.82, 2.24) is 0 Å². The van der Waals surface area contributed by atoms with E-state index in [2.05, 4.69) is 36.4 Å². The number of nitrogens with two attached hydrogens (primary N) is 1. The summed E-state index contributed by atoms with van der Waals surface area (Å²) in [7, 11) is 0. The Hall–Kier alpha value is -3.41. The minimum Gasteiger partial charge on any atom is -0.329 e. The van der Waals surface area contributed by atoms with E-state index < -0.39 is 4.75 Å². The van der Waals surface area contributed by atoms with Crippen LogP contribution in [0.5, 0.6) is 0 Å². The summed E-state index contributed by atoms with van der Waals surface area (Å²) in [6.45, 7) is 0.268. The number of rotatable bonds is 8. The lowest BCUT2D eigenvalue weighted by atomic mass is 9.84. The van der Waals surface area contributed by atoms with Gasteiger partial charge in [-0.15, -0.1) is 11.8 Å². The zero-order valence-electron chi connectivity index (χ0n) is 17.5. The van der Waals surface area contributed by atoms with Crippen molar-refractivity contribution in [3.63, 3.8) is 0 Å². The first kappa shape index (κ1) is 21.8. The zero-order valence-corrected chi connectivity index (χ0v) is 18.3. The van der Waals surface area contributed by atoms with Crippen LogP contribution in [0, 0.1) is 10.1 Å². The number of thioether (sulfide) groups is 1. The average Bonchev–Trinajstić information content (AvgIpc) is 2.87. The van der Waals surface area contributed by atoms with E-state index >= 15 is 0 Å². The number of para-hydroxylation sites is 1. The lowest BCUT2D eigenvalue weighted by Crippen LogP contribution is -2.28. The molecular weight excluding hydrogens is 416 g/mol. The molecule has 0 spiro atoms. The van der Waals surface area contributed by atoms with Crippen molar-refractivity contribution in [2.24, 2.45) is 5.73 Å². The van der Waals surface area contributed by atoms with Gasteiger partial charge in [0.1, 0.15) is 0 Å². The minimum atomic E-state index is -0.600. The molecular formula is C27H24N2O2S. The van der Waals surface area contributed by atoms with Crippen LogP contribution < -0.4 is 5.73 Å². The van der Waals surface area contributed by atoms with Crippen molar-refractivity contribution in [2.45, 2.75) is 10.00 Å². The standard InChI is InChI=1S/C27H24N2O2S/c28-20-26(24-18-10-11-19-25(24)29(30)31)32-27(21-12-4-1-5-13-21,22-14-6-2-7-15-22)23-16-8-3-9-17-23/h1-19,26H,20,28H2. The van der Waals surface area contributed by atoms with Gasteiger partial charge in [0.25, 0.3) is 5.69 Å². The summed E-state index contributed by atoms with van der Waals surface area (Å²) >= 11 is 1.65. The van der Waals surface area contributed by atoms with E-state index in [-0.39, 0.29) is 22.4 Å². The molecule has 1 unspecified atom stereocenters. The molecule has 0 saturated heterocycles. The second-order valence-corrected chi connectivity index (χ2v) is 8.85. The fraction of sp³-hybridized carbons (Fsp3) is 0.111. The van der Waals surface area contributed by atoms with Gasteiger partial charge in [0.05, 0.1) is 14.9 Å². The highest BCUT2D eigenvalue weighted by Crippen LogP contribution is 2.54. The lowest BCUT2D eigenvalue weighted by molar-refractivity contribution is -0.385. The maximum atomic E-state index is 11.8. The molecule has 32 heavy (non-hydrogen) atoms. The molecule has 4 aromatic rings. The van der Waals surface area contributed by atoms with Crippen LogP contribution in [-0.2, 0) is 4.75 Å². The Kier molecular flexibility index (Phi) is 6.69. The molecule has 0 saturated carbocycles. The number of nitrogens with zero attached hydrogens (tertiary/aromatic N) is 1. The van der Waals surface area contributed by atoms with Crippen LogP contribution >= 0.6 is 11.8 Å². The molecule has 0 aliphatic heterocycles. The summed E-state index contributed by atoms with van der Waals surface area (Å²) in [5.74, 6) is 0. The Morgan fingerprint density at radius 2 is 1.12 bits per heavy atom. The van der Waals surface area contributed by atoms with Gasteiger partial charge in [-0.3, -0.25) is 10.1 Å². The third kappa shape index (κ3) is 4.17. The molecule has 2 N–H and O–H groups in total. The first-order chi connectivity index (χ1) is 15.7. The molecule has 1 atom stereocenters. The Bertz CT molecular complexity index is 1070. The van der Waals surface area contributed by atoms with E-state index in [0.29, 0.717) is 5.56 Å². The Morgan fingerprint density at radius 1 is 0.719 bits per heavy atom. The van der Waals surface area contributed by atoms with Crippen molar-refractivity contribution < 1.29 is 4.92 Å². The molecule has 4 nitrogen and oxygen atoms in total. The molecule has 0 aromatic heterocycles. The van der Waals surface area contributed by atoms with Gasteiger partial charge in [0.15, 0.2) is 0 Å². The summed E-state index contributed by atoms with van der Waals surface area (Å²) in [4.78, 5) is 11.4. The van der Waals surface area contributed by atoms with Crippen molar-refractivity contribution >= 4 is 17.4 Å². The van der Waals surface area contributed by atoms with Crippen LogP contribution in [0.25, 0.3) is 0 Å². The molecule has 4 rings (SSSR count). The number of hydrogen-bond donors (Lipinski definition) is 1. The second kappa shape index (κ2) is 9.81. The molecule has 0 aliphatic rings. The van der Waals surface area contributed by atoms with E-state index in [1.54, 1.807) is 23.9 Å². The largest absolute Gasteiger partial charge is 0.329 e. The van der Waals surface area contributed by atoms with E-state index in [9.17, 15) is 10.1 Å². The lowest BCUT2D eigenvalue weighted by Gasteiger charge is -2.38. The molecule has 5 heteroatoms. The molecule has 0 aliphatic carbocycles. The molecule has 4 aromatic carbocycles. The van der Waals surface area contributed by atoms with E-state index in [4.69, 9.17) is 5.73 Å². The van der Waals surface area contributed by atoms with Crippen molar-refractivity contribution in [1.29, 1.82) is 0 Å². The topological polar surface area (TPSA) is 69.2 Å². The monoisotopic (exact) mass is 440 g/mol. The van der Waals surface area contributed by atoms with Gasteiger partial charge in [-0.1, -0.05) is 109 Å². The first-order valence-electron chi connectivity index (χ1n) is 10.4. The summed E-state index contributed by atoms with van der Waals surface area (Å²) in [5, 5.41) is 11.5. The summed E-state index contributed by atoms with van der Waals surface area (Å²) < 4.78 is -0.600. The van der Waals surface area contributed by atoms with E-state index in [1.165, 1.54) is 0 Å². The summed E-state index contributed by atoms with van der Waals surface area (Å²) in [6.07, 6.45) is 0. The molecule has 0 heterocycles. The van der Waals surface area contributed by atoms with Crippen LogP contribution in [-0.4, -0.2) is 11.5 Å². The number of benzene rings is 4. The minimum absolute atomic E-state index is 0.0959. The van der Waals surface area contributed by atoms with E-state index in [0.717, 1.165) is 16.7 Å². The zero-order chi connectivity index (χ0) is 22.4. The smallest absolute Gasteiger partial charge is 0.273 e. The van der Waals surface area contributed by atoms with Crippen molar-refractivity contribution in [3.05, 3.63) is 148 Å². The predicted octanol–water partition coefficient (Wildman–Crippen LogP) is 6.32. The third-order valence-corrected chi connectivity index (χ3v) is 7.35. The average molecular weight is 441 g/mol. The van der Waals surface area contributed by atoms with Gasteiger partial charge >= 0.3 is 0 Å². The third-order valence-electron chi connectivity index (χ3n) is 5.55. The SMILES string of the molecule is NCC(SC(c1ccccc1)(c1ccccc1)c1ccccc1)c1ccccc1[N+](=O)[O-]. The molecule has 0 bridgehead atoms. The maximum Gasteiger partial charge on any atom is 0.273 e. The highest BCUT2D eigenvalue weighted by molar-refractivity contribution is 8.00. The van der Waals surface area contributed by atoms with Crippen LogP contribution in [0.1, 0.15) is 27.5 Å². The van der Waals surface area contributed by atoms with Crippen LogP contribution in [0.15, 0.2) is 115 Å². The predicted molar refractivity (Wildman–Crippen MR) is 132 cm³/mol. The van der Waals surface area contributed by atoms with Gasteiger partial charge in [-0.2, -0.15) is 0 Å². The Balaban J connectivity index is 1.97. The second-order valence-electron chi connectivity index (χ2n) is 7.44. The van der Waals surface area contributed by atoms with Gasteiger partial charge in [0, 0.05) is 18.2 Å². The van der Waals surface area contributed by atoms with Gasteiger partial charge < -0.3 is 5.73 Å². The van der Waals surface area contributed by atoms with Crippen molar-refractivity contribution in [2.75, 3.05) is 6.54 Å². The van der Waals surface area contributed by atoms with E-state index in [1.807, 2.05) is 66.7 Å².